The number of nitrogens with zero attached hydrogens (tertiary/aromatic N) is 1. The number of pyridine rings is 1. The molecule has 4 nitrogen and oxygen atoms in total. The molecule has 0 saturated heterocycles. The Kier molecular flexibility index (Phi) is 3.92. The molecule has 0 atom stereocenters. The van der Waals surface area contributed by atoms with Crippen molar-refractivity contribution in [3.8, 4) is 0 Å². The number of hydrogen-bond donors (Lipinski definition) is 2. The Balaban J connectivity index is 1.77. The van der Waals surface area contributed by atoms with Gasteiger partial charge in [-0.15, -0.1) is 0 Å². The van der Waals surface area contributed by atoms with E-state index in [-0.39, 0.29) is 17.6 Å². The van der Waals surface area contributed by atoms with E-state index in [4.69, 9.17) is 0 Å². The van der Waals surface area contributed by atoms with Crippen LogP contribution >= 0.6 is 0 Å². The molecule has 2 N–H and O–H groups in total. The van der Waals surface area contributed by atoms with Crippen molar-refractivity contribution in [3.63, 3.8) is 0 Å². The normalized spacial score (nSPS) is 15.1. The van der Waals surface area contributed by atoms with E-state index >= 15 is 0 Å². The topological polar surface area (TPSA) is 54.0 Å². The van der Waals surface area contributed by atoms with E-state index in [2.05, 4.69) is 15.6 Å². The van der Waals surface area contributed by atoms with Crippen molar-refractivity contribution in [3.05, 3.63) is 23.9 Å². The highest BCUT2D eigenvalue weighted by Gasteiger charge is 2.31. The maximum atomic E-state index is 12.4. The Hall–Kier alpha value is -1.79. The molecule has 2 rings (SSSR count). The minimum atomic E-state index is -4.38. The molecule has 1 fully saturated rings. The fourth-order valence-electron chi connectivity index (χ4n) is 1.57. The summed E-state index contributed by atoms with van der Waals surface area (Å²) in [5.41, 5.74) is -0.744. The summed E-state index contributed by atoms with van der Waals surface area (Å²) in [7, 11) is 0. The second kappa shape index (κ2) is 5.46. The molecule has 1 aliphatic carbocycles. The zero-order valence-electron chi connectivity index (χ0n) is 10.1. The summed E-state index contributed by atoms with van der Waals surface area (Å²) >= 11 is 0. The first kappa shape index (κ1) is 13.6. The Morgan fingerprint density at radius 3 is 2.74 bits per heavy atom. The average molecular weight is 273 g/mol. The van der Waals surface area contributed by atoms with E-state index < -0.39 is 11.7 Å². The molecule has 7 heteroatoms. The van der Waals surface area contributed by atoms with Crippen LogP contribution in [0.1, 0.15) is 18.4 Å². The Morgan fingerprint density at radius 1 is 1.37 bits per heavy atom. The number of rotatable bonds is 5. The molecular formula is C12H14F3N3O. The molecule has 1 amide bonds. The highest BCUT2D eigenvalue weighted by atomic mass is 19.4. The van der Waals surface area contributed by atoms with Gasteiger partial charge < -0.3 is 10.6 Å². The number of aromatic nitrogens is 1. The molecule has 1 saturated carbocycles. The van der Waals surface area contributed by atoms with Gasteiger partial charge in [0, 0.05) is 25.2 Å². The van der Waals surface area contributed by atoms with Crippen LogP contribution in [0.15, 0.2) is 18.3 Å². The zero-order chi connectivity index (χ0) is 13.9. The van der Waals surface area contributed by atoms with Crippen LogP contribution in [0, 0.1) is 5.92 Å². The van der Waals surface area contributed by atoms with Crippen molar-refractivity contribution in [2.75, 3.05) is 18.4 Å². The van der Waals surface area contributed by atoms with Crippen LogP contribution in [0.3, 0.4) is 0 Å². The van der Waals surface area contributed by atoms with E-state index in [1.807, 2.05) is 0 Å². The van der Waals surface area contributed by atoms with Gasteiger partial charge in [-0.05, 0) is 25.0 Å². The molecule has 1 aromatic heterocycles. The first-order chi connectivity index (χ1) is 8.97. The van der Waals surface area contributed by atoms with Gasteiger partial charge in [-0.1, -0.05) is 0 Å². The molecule has 0 aromatic carbocycles. The largest absolute Gasteiger partial charge is 0.416 e. The van der Waals surface area contributed by atoms with Crippen molar-refractivity contribution in [2.45, 2.75) is 19.0 Å². The Labute approximate surface area is 108 Å². The monoisotopic (exact) mass is 273 g/mol. The maximum absolute atomic E-state index is 12.4. The first-order valence-corrected chi connectivity index (χ1v) is 6.01. The van der Waals surface area contributed by atoms with E-state index in [1.165, 1.54) is 0 Å². The van der Waals surface area contributed by atoms with Crippen LogP contribution in [-0.2, 0) is 11.0 Å². The van der Waals surface area contributed by atoms with E-state index in [0.717, 1.165) is 31.2 Å². The van der Waals surface area contributed by atoms with Crippen molar-refractivity contribution in [1.29, 1.82) is 0 Å². The lowest BCUT2D eigenvalue weighted by atomic mass is 10.2. The third kappa shape index (κ3) is 4.11. The van der Waals surface area contributed by atoms with Crippen LogP contribution < -0.4 is 10.6 Å². The molecule has 1 aliphatic rings. The summed E-state index contributed by atoms with van der Waals surface area (Å²) in [5, 5.41) is 5.45. The lowest BCUT2D eigenvalue weighted by Crippen LogP contribution is -2.29. The van der Waals surface area contributed by atoms with E-state index in [9.17, 15) is 18.0 Å². The molecular weight excluding hydrogens is 259 g/mol. The second-order valence-electron chi connectivity index (χ2n) is 4.42. The molecule has 0 unspecified atom stereocenters. The smallest absolute Gasteiger partial charge is 0.368 e. The molecule has 0 bridgehead atoms. The van der Waals surface area contributed by atoms with Crippen molar-refractivity contribution >= 4 is 11.7 Å². The fraction of sp³-hybridized carbons (Fsp3) is 0.500. The standard InChI is InChI=1S/C12H14F3N3O/c13-12(14,15)9-3-4-16-10(7-9)17-5-6-18-11(19)8-1-2-8/h3-4,7-8H,1-2,5-6H2,(H,16,17)(H,18,19). The van der Waals surface area contributed by atoms with Gasteiger partial charge in [-0.3, -0.25) is 4.79 Å². The summed E-state index contributed by atoms with van der Waals surface area (Å²) in [6.07, 6.45) is -1.42. The average Bonchev–Trinajstić information content (AvgIpc) is 3.18. The number of carbonyl (C=O) groups is 1. The van der Waals surface area contributed by atoms with Gasteiger partial charge in [-0.2, -0.15) is 13.2 Å². The van der Waals surface area contributed by atoms with Crippen LogP contribution in [0.5, 0.6) is 0 Å². The highest BCUT2D eigenvalue weighted by Crippen LogP contribution is 2.30. The van der Waals surface area contributed by atoms with Gasteiger partial charge in [0.1, 0.15) is 5.82 Å². The number of alkyl halides is 3. The van der Waals surface area contributed by atoms with Crippen LogP contribution in [0.2, 0.25) is 0 Å². The molecule has 0 radical (unpaired) electrons. The highest BCUT2D eigenvalue weighted by molar-refractivity contribution is 5.80. The number of halogens is 3. The quantitative estimate of drug-likeness (QED) is 0.807. The number of anilines is 1. The van der Waals surface area contributed by atoms with E-state index in [0.29, 0.717) is 13.1 Å². The van der Waals surface area contributed by atoms with Gasteiger partial charge in [0.25, 0.3) is 0 Å². The second-order valence-corrected chi connectivity index (χ2v) is 4.42. The molecule has 19 heavy (non-hydrogen) atoms. The minimum absolute atomic E-state index is 0.0128. The lowest BCUT2D eigenvalue weighted by Gasteiger charge is -2.10. The number of carbonyl (C=O) groups excluding carboxylic acids is 1. The third-order valence-corrected chi connectivity index (χ3v) is 2.77. The third-order valence-electron chi connectivity index (χ3n) is 2.77. The molecule has 1 aromatic rings. The van der Waals surface area contributed by atoms with Crippen molar-refractivity contribution < 1.29 is 18.0 Å². The predicted molar refractivity (Wildman–Crippen MR) is 63.5 cm³/mol. The fourth-order valence-corrected chi connectivity index (χ4v) is 1.57. The molecule has 0 aliphatic heterocycles. The van der Waals surface area contributed by atoms with Gasteiger partial charge in [0.15, 0.2) is 0 Å². The SMILES string of the molecule is O=C(NCCNc1cc(C(F)(F)F)ccn1)C1CC1. The van der Waals surface area contributed by atoms with Crippen LogP contribution in [0.4, 0.5) is 19.0 Å². The molecule has 104 valence electrons. The number of amides is 1. The van der Waals surface area contributed by atoms with Crippen LogP contribution in [0.25, 0.3) is 0 Å². The van der Waals surface area contributed by atoms with Gasteiger partial charge >= 0.3 is 6.18 Å². The zero-order valence-corrected chi connectivity index (χ0v) is 10.1. The Bertz CT molecular complexity index is 458. The summed E-state index contributed by atoms with van der Waals surface area (Å²) in [4.78, 5) is 15.1. The van der Waals surface area contributed by atoms with Crippen molar-refractivity contribution in [2.24, 2.45) is 5.92 Å². The van der Waals surface area contributed by atoms with Gasteiger partial charge in [0.2, 0.25) is 5.91 Å². The van der Waals surface area contributed by atoms with E-state index in [1.54, 1.807) is 0 Å². The summed E-state index contributed by atoms with van der Waals surface area (Å²) in [6.45, 7) is 0.708. The van der Waals surface area contributed by atoms with Crippen molar-refractivity contribution in [1.82, 2.24) is 10.3 Å². The minimum Gasteiger partial charge on any atom is -0.368 e. The number of nitrogens with one attached hydrogen (secondary N) is 2. The van der Waals surface area contributed by atoms with Gasteiger partial charge in [-0.25, -0.2) is 4.98 Å². The molecule has 0 spiro atoms. The predicted octanol–water partition coefficient (Wildman–Crippen LogP) is 2.04. The lowest BCUT2D eigenvalue weighted by molar-refractivity contribution is -0.137. The summed E-state index contributed by atoms with van der Waals surface area (Å²) < 4.78 is 37.3. The summed E-state index contributed by atoms with van der Waals surface area (Å²) in [5.74, 6) is 0.293. The first-order valence-electron chi connectivity index (χ1n) is 6.01. The van der Waals surface area contributed by atoms with Gasteiger partial charge in [0.05, 0.1) is 5.56 Å². The Morgan fingerprint density at radius 2 is 2.11 bits per heavy atom. The van der Waals surface area contributed by atoms with Crippen LogP contribution in [-0.4, -0.2) is 24.0 Å². The maximum Gasteiger partial charge on any atom is 0.416 e. The number of hydrogen-bond acceptors (Lipinski definition) is 3. The molecule has 1 heterocycles. The summed E-state index contributed by atoms with van der Waals surface area (Å²) in [6, 6.07) is 1.86.